The second-order valence-electron chi connectivity index (χ2n) is 1.82. The van der Waals surface area contributed by atoms with Crippen molar-refractivity contribution in [1.29, 1.82) is 0 Å². The molecule has 0 spiro atoms. The molecule has 0 nitrogen and oxygen atoms in total. The Kier molecular flexibility index (Phi) is 3.52. The Bertz CT molecular complexity index is 107. The molecule has 0 bridgehead atoms. The van der Waals surface area contributed by atoms with Crippen LogP contribution in [0.2, 0.25) is 0 Å². The predicted octanol–water partition coefficient (Wildman–Crippen LogP) is 2.71. The average Bonchev–Trinajstić information content (AvgIpc) is 1.95. The molecule has 0 aliphatic rings. The fourth-order valence-corrected chi connectivity index (χ4v) is 2.06. The second kappa shape index (κ2) is 3.65. The van der Waals surface area contributed by atoms with Gasteiger partial charge in [0.2, 0.25) is 0 Å². The third-order valence-corrected chi connectivity index (χ3v) is 5.83. The first kappa shape index (κ1) is 8.67. The van der Waals surface area contributed by atoms with E-state index in [1.165, 1.54) is 0 Å². The minimum absolute atomic E-state index is 1.94. The van der Waals surface area contributed by atoms with E-state index in [2.05, 4.69) is 26.3 Å². The van der Waals surface area contributed by atoms with Gasteiger partial charge in [0.25, 0.3) is 0 Å². The van der Waals surface area contributed by atoms with E-state index in [9.17, 15) is 0 Å². The van der Waals surface area contributed by atoms with Crippen LogP contribution in [0.5, 0.6) is 0 Å². The van der Waals surface area contributed by atoms with E-state index < -0.39 is 16.6 Å². The van der Waals surface area contributed by atoms with E-state index in [4.69, 9.17) is 0 Å². The summed E-state index contributed by atoms with van der Waals surface area (Å²) in [5.41, 5.74) is 0. The van der Waals surface area contributed by atoms with Crippen molar-refractivity contribution in [2.45, 2.75) is 0 Å². The van der Waals surface area contributed by atoms with Crippen LogP contribution in [-0.4, -0.2) is 0 Å². The van der Waals surface area contributed by atoms with Crippen LogP contribution in [-0.2, 0) is 16.6 Å². The van der Waals surface area contributed by atoms with Gasteiger partial charge in [-0.25, -0.2) is 0 Å². The van der Waals surface area contributed by atoms with Gasteiger partial charge in [0.15, 0.2) is 0 Å². The van der Waals surface area contributed by atoms with Crippen molar-refractivity contribution in [1.82, 2.24) is 0 Å². The molecule has 0 saturated heterocycles. The molecule has 9 heavy (non-hydrogen) atoms. The van der Waals surface area contributed by atoms with E-state index in [0.29, 0.717) is 0 Å². The van der Waals surface area contributed by atoms with Gasteiger partial charge in [0.1, 0.15) is 0 Å². The molecule has 0 aliphatic carbocycles. The van der Waals surface area contributed by atoms with Crippen molar-refractivity contribution in [3.05, 3.63) is 43.8 Å². The summed E-state index contributed by atoms with van der Waals surface area (Å²) >= 11 is -2.11. The van der Waals surface area contributed by atoms with Gasteiger partial charge in [-0.15, -0.1) is 0 Å². The first-order chi connectivity index (χ1) is 4.24. The Morgan fingerprint density at radius 3 is 0.889 bits per heavy atom. The molecule has 0 saturated carbocycles. The molecule has 1 heteroatoms. The van der Waals surface area contributed by atoms with Crippen LogP contribution in [0.15, 0.2) is 43.8 Å². The predicted molar refractivity (Wildman–Crippen MR) is 40.8 cm³/mol. The molecule has 0 rings (SSSR count). The van der Waals surface area contributed by atoms with Gasteiger partial charge in [0.05, 0.1) is 0 Å². The summed E-state index contributed by atoms with van der Waals surface area (Å²) in [6.07, 6.45) is 0. The zero-order valence-electron chi connectivity index (χ0n) is 5.64. The Morgan fingerprint density at radius 1 is 0.667 bits per heavy atom. The van der Waals surface area contributed by atoms with Crippen LogP contribution in [0.1, 0.15) is 0 Å². The van der Waals surface area contributed by atoms with Crippen molar-refractivity contribution < 1.29 is 16.6 Å². The normalized spacial score (nSPS) is 9.78. The van der Waals surface area contributed by atoms with Crippen LogP contribution >= 0.6 is 0 Å². The molecule has 0 aliphatic heterocycles. The van der Waals surface area contributed by atoms with Crippen molar-refractivity contribution >= 4 is 0 Å². The maximum absolute atomic E-state index is 3.72. The number of hydrogen-bond acceptors (Lipinski definition) is 0. The number of hydrogen-bond donors (Lipinski definition) is 0. The summed E-state index contributed by atoms with van der Waals surface area (Å²) in [5.74, 6) is 0. The first-order valence-corrected chi connectivity index (χ1v) is 6.39. The summed E-state index contributed by atoms with van der Waals surface area (Å²) in [7, 11) is 0. The monoisotopic (exact) mass is 156 g/mol. The fraction of sp³-hybridized carbons (Fsp3) is 0. The summed E-state index contributed by atoms with van der Waals surface area (Å²) in [4.78, 5) is 0. The molecule has 0 radical (unpaired) electrons. The van der Waals surface area contributed by atoms with Gasteiger partial charge in [-0.3, -0.25) is 0 Å². The summed E-state index contributed by atoms with van der Waals surface area (Å²) in [5, 5.41) is 0. The quantitative estimate of drug-likeness (QED) is 0.549. The van der Waals surface area contributed by atoms with Gasteiger partial charge in [-0.05, 0) is 0 Å². The van der Waals surface area contributed by atoms with E-state index in [1.807, 2.05) is 17.5 Å². The molecule has 0 amide bonds. The van der Waals surface area contributed by atoms with Gasteiger partial charge >= 0.3 is 60.4 Å². The fourth-order valence-electron chi connectivity index (χ4n) is 0.500. The molecule has 0 heterocycles. The SMILES string of the molecule is C=[CH][Ti]([CH]=C)([CH]=C)[CH]=C. The first-order valence-electron chi connectivity index (χ1n) is 2.79. The molecule has 48 valence electrons. The zero-order valence-corrected chi connectivity index (χ0v) is 7.20. The van der Waals surface area contributed by atoms with Gasteiger partial charge in [-0.1, -0.05) is 0 Å². The molecule has 0 fully saturated rings. The minimum atomic E-state index is -2.11. The standard InChI is InChI=1S/4C2H3.Ti/c4*1-2;/h4*1H,2H2;. The Morgan fingerprint density at radius 2 is 0.889 bits per heavy atom. The second-order valence-corrected chi connectivity index (χ2v) is 7.49. The van der Waals surface area contributed by atoms with E-state index in [-0.39, 0.29) is 0 Å². The molecule has 0 aromatic heterocycles. The average molecular weight is 156 g/mol. The van der Waals surface area contributed by atoms with Crippen LogP contribution in [0.4, 0.5) is 0 Å². The van der Waals surface area contributed by atoms with Crippen LogP contribution < -0.4 is 0 Å². The Labute approximate surface area is 60.6 Å². The van der Waals surface area contributed by atoms with E-state index in [0.717, 1.165) is 0 Å². The molecule has 0 unspecified atom stereocenters. The maximum atomic E-state index is 3.72. The van der Waals surface area contributed by atoms with Crippen molar-refractivity contribution in [2.24, 2.45) is 0 Å². The zero-order chi connectivity index (χ0) is 7.33. The van der Waals surface area contributed by atoms with Crippen LogP contribution in [0, 0.1) is 0 Å². The molecular weight excluding hydrogens is 144 g/mol. The Balaban J connectivity index is 4.53. The van der Waals surface area contributed by atoms with Crippen LogP contribution in [0.25, 0.3) is 0 Å². The van der Waals surface area contributed by atoms with Crippen molar-refractivity contribution in [2.75, 3.05) is 0 Å². The van der Waals surface area contributed by atoms with E-state index >= 15 is 0 Å². The Hall–Kier alpha value is -0.326. The van der Waals surface area contributed by atoms with Gasteiger partial charge in [-0.2, -0.15) is 0 Å². The summed E-state index contributed by atoms with van der Waals surface area (Å²) in [6, 6.07) is 0. The molecule has 0 aromatic rings. The molecular formula is C8H12Ti. The molecule has 0 atom stereocenters. The molecule has 0 aromatic carbocycles. The van der Waals surface area contributed by atoms with Gasteiger partial charge in [0, 0.05) is 0 Å². The third-order valence-electron chi connectivity index (χ3n) is 1.41. The molecule has 0 N–H and O–H groups in total. The topological polar surface area (TPSA) is 0 Å². The van der Waals surface area contributed by atoms with Crippen molar-refractivity contribution in [3.8, 4) is 0 Å². The van der Waals surface area contributed by atoms with Crippen LogP contribution in [0.3, 0.4) is 0 Å². The van der Waals surface area contributed by atoms with Crippen molar-refractivity contribution in [3.63, 3.8) is 0 Å². The number of rotatable bonds is 4. The van der Waals surface area contributed by atoms with E-state index in [1.54, 1.807) is 0 Å². The summed E-state index contributed by atoms with van der Waals surface area (Å²) < 4.78 is 7.75. The summed E-state index contributed by atoms with van der Waals surface area (Å²) in [6.45, 7) is 14.9. The van der Waals surface area contributed by atoms with Gasteiger partial charge < -0.3 is 0 Å². The third kappa shape index (κ3) is 1.81.